The Labute approximate surface area is 108 Å². The van der Waals surface area contributed by atoms with Gasteiger partial charge in [-0.1, -0.05) is 6.92 Å². The number of amides is 2. The molecule has 0 aromatic carbocycles. The van der Waals surface area contributed by atoms with Crippen LogP contribution in [0.25, 0.3) is 0 Å². The van der Waals surface area contributed by atoms with Crippen LogP contribution in [-0.2, 0) is 9.59 Å². The lowest BCUT2D eigenvalue weighted by molar-refractivity contribution is -0.144. The molecule has 0 radical (unpaired) electrons. The molecule has 3 rings (SSSR count). The molecule has 1 aliphatic carbocycles. The minimum absolute atomic E-state index is 0.149. The fourth-order valence-electron chi connectivity index (χ4n) is 3.71. The lowest BCUT2D eigenvalue weighted by Crippen LogP contribution is -2.49. The molecule has 2 aliphatic heterocycles. The summed E-state index contributed by atoms with van der Waals surface area (Å²) < 4.78 is 0. The summed E-state index contributed by atoms with van der Waals surface area (Å²) in [5.41, 5.74) is -0.149. The van der Waals surface area contributed by atoms with Crippen LogP contribution in [0.4, 0.5) is 0 Å². The van der Waals surface area contributed by atoms with Crippen LogP contribution in [0.2, 0.25) is 0 Å². The topological polar surface area (TPSA) is 49.4 Å². The van der Waals surface area contributed by atoms with Gasteiger partial charge in [-0.15, -0.1) is 0 Å². The van der Waals surface area contributed by atoms with Crippen LogP contribution in [0.5, 0.6) is 0 Å². The first-order valence-corrected chi connectivity index (χ1v) is 7.18. The van der Waals surface area contributed by atoms with Gasteiger partial charge in [0.2, 0.25) is 11.8 Å². The van der Waals surface area contributed by atoms with Crippen molar-refractivity contribution in [3.8, 4) is 0 Å². The Balaban J connectivity index is 1.57. The smallest absolute Gasteiger partial charge is 0.226 e. The summed E-state index contributed by atoms with van der Waals surface area (Å²) in [5.74, 6) is 1.54. The van der Waals surface area contributed by atoms with Gasteiger partial charge in [-0.2, -0.15) is 0 Å². The third-order valence-corrected chi connectivity index (χ3v) is 5.13. The number of piperidine rings is 1. The maximum Gasteiger partial charge on any atom is 0.226 e. The molecule has 4 heteroatoms. The van der Waals surface area contributed by atoms with Gasteiger partial charge >= 0.3 is 0 Å². The predicted octanol–water partition coefficient (Wildman–Crippen LogP) is 1.16. The number of nitrogens with zero attached hydrogens (tertiary/aromatic N) is 1. The Bertz CT molecular complexity index is 366. The van der Waals surface area contributed by atoms with Gasteiger partial charge in [0.15, 0.2) is 0 Å². The first-order valence-electron chi connectivity index (χ1n) is 7.18. The molecule has 2 amide bonds. The normalized spacial score (nSPS) is 34.3. The highest BCUT2D eigenvalue weighted by Gasteiger charge is 2.46. The van der Waals surface area contributed by atoms with E-state index in [4.69, 9.17) is 0 Å². The highest BCUT2D eigenvalue weighted by molar-refractivity contribution is 5.85. The molecule has 2 saturated heterocycles. The number of likely N-dealkylation sites (tertiary alicyclic amines) is 1. The van der Waals surface area contributed by atoms with Crippen LogP contribution in [0.15, 0.2) is 0 Å². The molecule has 0 unspecified atom stereocenters. The lowest BCUT2D eigenvalue weighted by atomic mass is 9.73. The van der Waals surface area contributed by atoms with Crippen molar-refractivity contribution in [2.75, 3.05) is 19.6 Å². The molecule has 0 aromatic heterocycles. The summed E-state index contributed by atoms with van der Waals surface area (Å²) in [5, 5.41) is 2.93. The minimum Gasteiger partial charge on any atom is -0.356 e. The molecular weight excluding hydrogens is 228 g/mol. The van der Waals surface area contributed by atoms with E-state index in [0.717, 1.165) is 57.7 Å². The number of rotatable bonds is 1. The number of nitrogens with one attached hydrogen (secondary N) is 1. The maximum absolute atomic E-state index is 12.2. The molecule has 1 N–H and O–H groups in total. The van der Waals surface area contributed by atoms with Crippen molar-refractivity contribution in [2.24, 2.45) is 17.3 Å². The Morgan fingerprint density at radius 2 is 1.94 bits per heavy atom. The van der Waals surface area contributed by atoms with Crippen LogP contribution in [0, 0.1) is 17.3 Å². The van der Waals surface area contributed by atoms with Crippen molar-refractivity contribution in [2.45, 2.75) is 39.0 Å². The number of hydrogen-bond donors (Lipinski definition) is 1. The second kappa shape index (κ2) is 4.25. The molecule has 3 fully saturated rings. The first-order chi connectivity index (χ1) is 8.61. The van der Waals surface area contributed by atoms with Crippen LogP contribution < -0.4 is 5.32 Å². The van der Waals surface area contributed by atoms with E-state index in [9.17, 15) is 9.59 Å². The standard InChI is InChI=1S/C14H22N2O2/c1-10-8-11(9-10)12(17)16-6-3-14(4-7-16)2-5-15-13(14)18/h10-11H,2-9H2,1H3,(H,15,18). The van der Waals surface area contributed by atoms with Crippen molar-refractivity contribution in [1.82, 2.24) is 10.2 Å². The molecule has 100 valence electrons. The zero-order chi connectivity index (χ0) is 12.8. The van der Waals surface area contributed by atoms with E-state index < -0.39 is 0 Å². The third-order valence-electron chi connectivity index (χ3n) is 5.13. The maximum atomic E-state index is 12.2. The van der Waals surface area contributed by atoms with Crippen molar-refractivity contribution in [3.63, 3.8) is 0 Å². The van der Waals surface area contributed by atoms with E-state index in [-0.39, 0.29) is 17.2 Å². The fourth-order valence-corrected chi connectivity index (χ4v) is 3.71. The molecule has 0 bridgehead atoms. The van der Waals surface area contributed by atoms with Crippen LogP contribution in [0.3, 0.4) is 0 Å². The molecule has 4 nitrogen and oxygen atoms in total. The zero-order valence-corrected chi connectivity index (χ0v) is 11.1. The second-order valence-electron chi connectivity index (χ2n) is 6.39. The number of carbonyl (C=O) groups excluding carboxylic acids is 2. The van der Waals surface area contributed by atoms with Crippen molar-refractivity contribution < 1.29 is 9.59 Å². The van der Waals surface area contributed by atoms with E-state index in [2.05, 4.69) is 12.2 Å². The van der Waals surface area contributed by atoms with Gasteiger partial charge in [-0.3, -0.25) is 9.59 Å². The van der Waals surface area contributed by atoms with E-state index in [1.807, 2.05) is 4.90 Å². The van der Waals surface area contributed by atoms with Gasteiger partial charge in [-0.25, -0.2) is 0 Å². The highest BCUT2D eigenvalue weighted by atomic mass is 16.2. The summed E-state index contributed by atoms with van der Waals surface area (Å²) >= 11 is 0. The Kier molecular flexibility index (Phi) is 2.83. The van der Waals surface area contributed by atoms with E-state index in [0.29, 0.717) is 5.91 Å². The van der Waals surface area contributed by atoms with Gasteiger partial charge in [0.05, 0.1) is 5.41 Å². The van der Waals surface area contributed by atoms with Crippen molar-refractivity contribution in [1.29, 1.82) is 0 Å². The van der Waals surface area contributed by atoms with E-state index in [1.165, 1.54) is 0 Å². The molecular formula is C14H22N2O2. The summed E-state index contributed by atoms with van der Waals surface area (Å²) in [6.07, 6.45) is 4.77. The molecule has 0 atom stereocenters. The monoisotopic (exact) mass is 250 g/mol. The average Bonchev–Trinajstić information content (AvgIpc) is 2.67. The van der Waals surface area contributed by atoms with E-state index in [1.54, 1.807) is 0 Å². The predicted molar refractivity (Wildman–Crippen MR) is 67.8 cm³/mol. The second-order valence-corrected chi connectivity index (χ2v) is 6.39. The third kappa shape index (κ3) is 1.82. The van der Waals surface area contributed by atoms with Crippen LogP contribution in [-0.4, -0.2) is 36.3 Å². The first kappa shape index (κ1) is 12.0. The van der Waals surface area contributed by atoms with Crippen molar-refractivity contribution in [3.05, 3.63) is 0 Å². The Morgan fingerprint density at radius 3 is 2.44 bits per heavy atom. The fraction of sp³-hybridized carbons (Fsp3) is 0.857. The Hall–Kier alpha value is -1.06. The van der Waals surface area contributed by atoms with Gasteiger partial charge in [0.1, 0.15) is 0 Å². The van der Waals surface area contributed by atoms with E-state index >= 15 is 0 Å². The summed E-state index contributed by atoms with van der Waals surface area (Å²) in [6.45, 7) is 4.57. The SMILES string of the molecule is CC1CC(C(=O)N2CCC3(CCNC3=O)CC2)C1. The quantitative estimate of drug-likeness (QED) is 0.759. The summed E-state index contributed by atoms with van der Waals surface area (Å²) in [7, 11) is 0. The molecule has 1 spiro atoms. The van der Waals surface area contributed by atoms with Crippen molar-refractivity contribution >= 4 is 11.8 Å². The highest BCUT2D eigenvalue weighted by Crippen LogP contribution is 2.40. The zero-order valence-electron chi connectivity index (χ0n) is 11.1. The number of hydrogen-bond acceptors (Lipinski definition) is 2. The largest absolute Gasteiger partial charge is 0.356 e. The number of carbonyl (C=O) groups is 2. The average molecular weight is 250 g/mol. The summed E-state index contributed by atoms with van der Waals surface area (Å²) in [6, 6.07) is 0. The molecule has 18 heavy (non-hydrogen) atoms. The van der Waals surface area contributed by atoms with Gasteiger partial charge in [0.25, 0.3) is 0 Å². The van der Waals surface area contributed by atoms with Gasteiger partial charge < -0.3 is 10.2 Å². The minimum atomic E-state index is -0.149. The molecule has 3 aliphatic rings. The van der Waals surface area contributed by atoms with Crippen LogP contribution >= 0.6 is 0 Å². The molecule has 2 heterocycles. The molecule has 0 aromatic rings. The van der Waals surface area contributed by atoms with Gasteiger partial charge in [0, 0.05) is 25.6 Å². The summed E-state index contributed by atoms with van der Waals surface area (Å²) in [4.78, 5) is 26.1. The van der Waals surface area contributed by atoms with Crippen LogP contribution in [0.1, 0.15) is 39.0 Å². The lowest BCUT2D eigenvalue weighted by Gasteiger charge is -2.41. The van der Waals surface area contributed by atoms with Gasteiger partial charge in [-0.05, 0) is 38.0 Å². The molecule has 1 saturated carbocycles. The Morgan fingerprint density at radius 1 is 1.28 bits per heavy atom.